The molecule has 0 saturated carbocycles. The third kappa shape index (κ3) is 5.16. The van der Waals surface area contributed by atoms with Crippen LogP contribution in [0.4, 0.5) is 0 Å². The molecule has 0 N–H and O–H groups in total. The van der Waals surface area contributed by atoms with Gasteiger partial charge in [-0.1, -0.05) is 170 Å². The van der Waals surface area contributed by atoms with Crippen molar-refractivity contribution in [2.45, 2.75) is 12.3 Å². The van der Waals surface area contributed by atoms with Gasteiger partial charge in [-0.3, -0.25) is 0 Å². The Labute approximate surface area is 396 Å². The summed E-state index contributed by atoms with van der Waals surface area (Å²) >= 11 is 1.79. The van der Waals surface area contributed by atoms with E-state index in [-0.39, 0.29) is 0 Å². The summed E-state index contributed by atoms with van der Waals surface area (Å²) in [4.78, 5) is 15.8. The molecule has 1 unspecified atom stereocenters. The van der Waals surface area contributed by atoms with Crippen LogP contribution >= 0.6 is 11.3 Å². The molecule has 0 saturated heterocycles. The molecule has 0 radical (unpaired) electrons. The lowest BCUT2D eigenvalue weighted by Gasteiger charge is -2.29. The predicted molar refractivity (Wildman–Crippen MR) is 283 cm³/mol. The van der Waals surface area contributed by atoms with Crippen LogP contribution in [-0.4, -0.2) is 19.5 Å². The van der Waals surface area contributed by atoms with Gasteiger partial charge in [0.25, 0.3) is 0 Å². The standard InChI is InChI=1S/C63H38N4S/c1-63(41-19-6-3-7-20-41)51-33-32-46-43-21-8-11-27-53(43)67-54-28-12-9-22-44(54)50-35-40(36-52(63)56(50)57(51)58(46)67)42-24-14-18-37-30-31-39(34-49(37)42)61-64-60(38-16-4-2-5-17-38)65-62(66-61)48-26-15-25-47-45-23-10-13-29-55(45)68-59(47)48/h2-36H,1H3. The van der Waals surface area contributed by atoms with Crippen LogP contribution in [0.5, 0.6) is 0 Å². The first kappa shape index (κ1) is 37.7. The van der Waals surface area contributed by atoms with E-state index in [1.165, 1.54) is 97.7 Å². The van der Waals surface area contributed by atoms with E-state index in [1.807, 2.05) is 18.2 Å². The predicted octanol–water partition coefficient (Wildman–Crippen LogP) is 16.5. The molecule has 0 amide bonds. The average Bonchev–Trinajstić information content (AvgIpc) is 4.01. The fraction of sp³-hybridized carbons (Fsp3) is 0.0317. The number of benzene rings is 10. The third-order valence-corrected chi connectivity index (χ3v) is 16.1. The Balaban J connectivity index is 0.980. The molecule has 15 rings (SSSR count). The Bertz CT molecular complexity index is 4280. The van der Waals surface area contributed by atoms with Gasteiger partial charge < -0.3 is 4.57 Å². The van der Waals surface area contributed by atoms with E-state index >= 15 is 0 Å². The largest absolute Gasteiger partial charge is 0.308 e. The first-order chi connectivity index (χ1) is 33.6. The topological polar surface area (TPSA) is 43.6 Å². The van der Waals surface area contributed by atoms with Crippen LogP contribution in [0.2, 0.25) is 0 Å². The summed E-state index contributed by atoms with van der Waals surface area (Å²) in [5.41, 5.74) is 17.6. The fourth-order valence-corrected chi connectivity index (χ4v) is 12.9. The molecule has 2 aliphatic rings. The Hall–Kier alpha value is -8.51. The zero-order valence-electron chi connectivity index (χ0n) is 36.9. The lowest BCUT2D eigenvalue weighted by molar-refractivity contribution is 0.714. The Kier molecular flexibility index (Phi) is 7.76. The van der Waals surface area contributed by atoms with Gasteiger partial charge in [-0.05, 0) is 99.1 Å². The molecule has 1 atom stereocenters. The zero-order chi connectivity index (χ0) is 44.7. The van der Waals surface area contributed by atoms with E-state index in [0.717, 1.165) is 27.5 Å². The van der Waals surface area contributed by atoms with Gasteiger partial charge in [-0.2, -0.15) is 0 Å². The van der Waals surface area contributed by atoms with Gasteiger partial charge in [0.2, 0.25) is 0 Å². The van der Waals surface area contributed by atoms with Gasteiger partial charge in [0.1, 0.15) is 0 Å². The van der Waals surface area contributed by atoms with Gasteiger partial charge in [-0.15, -0.1) is 11.3 Å². The molecule has 4 heterocycles. The van der Waals surface area contributed by atoms with Crippen molar-refractivity contribution in [3.63, 3.8) is 0 Å². The summed E-state index contributed by atoms with van der Waals surface area (Å²) < 4.78 is 4.96. The second-order valence-electron chi connectivity index (χ2n) is 18.4. The van der Waals surface area contributed by atoms with Crippen LogP contribution in [0, 0.1) is 0 Å². The van der Waals surface area contributed by atoms with Crippen molar-refractivity contribution < 1.29 is 0 Å². The normalized spacial score (nSPS) is 14.6. The quantitative estimate of drug-likeness (QED) is 0.173. The summed E-state index contributed by atoms with van der Waals surface area (Å²) in [6, 6.07) is 77.5. The highest BCUT2D eigenvalue weighted by atomic mass is 32.1. The van der Waals surface area contributed by atoms with Crippen molar-refractivity contribution in [1.29, 1.82) is 0 Å². The van der Waals surface area contributed by atoms with E-state index in [0.29, 0.717) is 17.5 Å². The van der Waals surface area contributed by atoms with Gasteiger partial charge in [0, 0.05) is 64.2 Å². The monoisotopic (exact) mass is 882 g/mol. The highest BCUT2D eigenvalue weighted by Gasteiger charge is 2.45. The van der Waals surface area contributed by atoms with Gasteiger partial charge in [0.05, 0.1) is 16.7 Å². The molecular weight excluding hydrogens is 845 g/mol. The molecule has 0 bridgehead atoms. The minimum atomic E-state index is -0.416. The number of aromatic nitrogens is 4. The highest BCUT2D eigenvalue weighted by Crippen LogP contribution is 2.61. The van der Waals surface area contributed by atoms with Gasteiger partial charge in [-0.25, -0.2) is 15.0 Å². The number of rotatable bonds is 5. The number of nitrogens with zero attached hydrogens (tertiary/aromatic N) is 4. The van der Waals surface area contributed by atoms with E-state index in [4.69, 9.17) is 15.0 Å². The summed E-state index contributed by atoms with van der Waals surface area (Å²) in [6.45, 7) is 2.44. The second kappa shape index (κ2) is 14.0. The van der Waals surface area contributed by atoms with Crippen LogP contribution in [-0.2, 0) is 5.41 Å². The van der Waals surface area contributed by atoms with Crippen LogP contribution < -0.4 is 0 Å². The lowest BCUT2D eigenvalue weighted by Crippen LogP contribution is -2.22. The SMILES string of the molecule is CC1(c2ccccc2)c2cc(-c3cccc4ccc(-c5nc(-c6ccccc6)nc(-c6cccc7c6sc6ccccc67)n5)cc34)cc3c2-c2c1ccc1c4ccccc4n(c21)-c1ccccc1-3. The van der Waals surface area contributed by atoms with E-state index in [9.17, 15) is 0 Å². The lowest BCUT2D eigenvalue weighted by atomic mass is 9.73. The molecule has 68 heavy (non-hydrogen) atoms. The molecule has 13 aromatic rings. The average molecular weight is 883 g/mol. The smallest absolute Gasteiger partial charge is 0.165 e. The van der Waals surface area contributed by atoms with Crippen LogP contribution in [0.15, 0.2) is 212 Å². The van der Waals surface area contributed by atoms with Crippen LogP contribution in [0.1, 0.15) is 23.6 Å². The van der Waals surface area contributed by atoms with Gasteiger partial charge in [0.15, 0.2) is 17.5 Å². The van der Waals surface area contributed by atoms with Crippen molar-refractivity contribution >= 4 is 64.1 Å². The number of fused-ring (bicyclic) bond motifs is 10. The first-order valence-electron chi connectivity index (χ1n) is 23.3. The number of para-hydroxylation sites is 2. The Morgan fingerprint density at radius 3 is 1.99 bits per heavy atom. The maximum atomic E-state index is 5.34. The maximum absolute atomic E-state index is 5.34. The molecule has 3 aromatic heterocycles. The molecule has 10 aromatic carbocycles. The fourth-order valence-electron chi connectivity index (χ4n) is 11.7. The summed E-state index contributed by atoms with van der Waals surface area (Å²) in [5, 5.41) is 7.33. The molecule has 316 valence electrons. The molecule has 1 aliphatic carbocycles. The molecule has 5 heteroatoms. The van der Waals surface area contributed by atoms with Crippen LogP contribution in [0.3, 0.4) is 0 Å². The van der Waals surface area contributed by atoms with Crippen molar-refractivity contribution in [1.82, 2.24) is 19.5 Å². The second-order valence-corrected chi connectivity index (χ2v) is 19.4. The molecule has 1 aliphatic heterocycles. The number of hydrogen-bond acceptors (Lipinski definition) is 4. The van der Waals surface area contributed by atoms with Crippen molar-refractivity contribution in [3.05, 3.63) is 229 Å². The molecular formula is C63H38N4S. The van der Waals surface area contributed by atoms with E-state index < -0.39 is 5.41 Å². The van der Waals surface area contributed by atoms with Crippen molar-refractivity contribution in [2.75, 3.05) is 0 Å². The number of hydrogen-bond donors (Lipinski definition) is 0. The van der Waals surface area contributed by atoms with Crippen molar-refractivity contribution in [3.8, 4) is 73.2 Å². The van der Waals surface area contributed by atoms with E-state index in [1.54, 1.807) is 11.3 Å². The minimum absolute atomic E-state index is 0.416. The van der Waals surface area contributed by atoms with Crippen molar-refractivity contribution in [2.24, 2.45) is 0 Å². The molecule has 4 nitrogen and oxygen atoms in total. The van der Waals surface area contributed by atoms with Gasteiger partial charge >= 0.3 is 0 Å². The highest BCUT2D eigenvalue weighted by molar-refractivity contribution is 7.26. The maximum Gasteiger partial charge on any atom is 0.165 e. The summed E-state index contributed by atoms with van der Waals surface area (Å²) in [6.07, 6.45) is 0. The van der Waals surface area contributed by atoms with E-state index in [2.05, 4.69) is 206 Å². The first-order valence-corrected chi connectivity index (χ1v) is 24.1. The van der Waals surface area contributed by atoms with Crippen LogP contribution in [0.25, 0.3) is 126 Å². The number of thiophene rings is 1. The molecule has 0 spiro atoms. The molecule has 0 fully saturated rings. The summed E-state index contributed by atoms with van der Waals surface area (Å²) in [5.74, 6) is 1.96. The zero-order valence-corrected chi connectivity index (χ0v) is 37.7. The third-order valence-electron chi connectivity index (χ3n) is 14.9. The summed E-state index contributed by atoms with van der Waals surface area (Å²) in [7, 11) is 0. The minimum Gasteiger partial charge on any atom is -0.308 e. The Morgan fingerprint density at radius 1 is 0.412 bits per heavy atom. The Morgan fingerprint density at radius 2 is 1.10 bits per heavy atom.